The minimum absolute atomic E-state index is 0.246. The number of hydrogen-bond donors (Lipinski definition) is 1. The van der Waals surface area contributed by atoms with E-state index in [1.54, 1.807) is 0 Å². The Bertz CT molecular complexity index is 425. The molecule has 0 saturated carbocycles. The minimum atomic E-state index is 0.246. The summed E-state index contributed by atoms with van der Waals surface area (Å²) < 4.78 is 5.68. The number of rotatable bonds is 3. The normalized spacial score (nSPS) is 20.2. The summed E-state index contributed by atoms with van der Waals surface area (Å²) in [6, 6.07) is 0. The molecule has 1 aromatic heterocycles. The van der Waals surface area contributed by atoms with Crippen molar-refractivity contribution in [3.63, 3.8) is 0 Å². The Morgan fingerprint density at radius 1 is 1.50 bits per heavy atom. The second kappa shape index (κ2) is 5.71. The summed E-state index contributed by atoms with van der Waals surface area (Å²) in [5.41, 5.74) is 7.37. The van der Waals surface area contributed by atoms with Gasteiger partial charge < -0.3 is 15.4 Å². The van der Waals surface area contributed by atoms with E-state index >= 15 is 0 Å². The van der Waals surface area contributed by atoms with E-state index in [9.17, 15) is 0 Å². The van der Waals surface area contributed by atoms with Crippen molar-refractivity contribution in [2.75, 3.05) is 30.3 Å². The Hall–Kier alpha value is -1.07. The van der Waals surface area contributed by atoms with Gasteiger partial charge in [-0.3, -0.25) is 0 Å². The maximum absolute atomic E-state index is 6.04. The van der Waals surface area contributed by atoms with Crippen molar-refractivity contribution in [2.24, 2.45) is 0 Å². The largest absolute Gasteiger partial charge is 0.394 e. The molecule has 1 fully saturated rings. The number of aryl methyl sites for hydroxylation is 1. The first-order valence-corrected chi connectivity index (χ1v) is 6.65. The van der Waals surface area contributed by atoms with Gasteiger partial charge in [-0.25, -0.2) is 4.98 Å². The molecule has 1 atom stereocenters. The highest BCUT2D eigenvalue weighted by Gasteiger charge is 2.23. The predicted molar refractivity (Wildman–Crippen MR) is 73.1 cm³/mol. The summed E-state index contributed by atoms with van der Waals surface area (Å²) in [6.45, 7) is 6.33. The number of halogens is 1. The lowest BCUT2D eigenvalue weighted by Crippen LogP contribution is -2.40. The van der Waals surface area contributed by atoms with Crippen LogP contribution in [0.25, 0.3) is 0 Å². The van der Waals surface area contributed by atoms with Crippen LogP contribution >= 0.6 is 11.6 Å². The molecule has 5 nitrogen and oxygen atoms in total. The predicted octanol–water partition coefficient (Wildman–Crippen LogP) is 2.03. The van der Waals surface area contributed by atoms with Crippen molar-refractivity contribution < 1.29 is 4.74 Å². The standard InChI is InChI=1S/C12H19ClN4O/c1-3-18-9-5-4-6-17(7-9)11-10(14)8(2)15-12(13)16-11/h9H,3-7,14H2,1-2H3. The average molecular weight is 271 g/mol. The van der Waals surface area contributed by atoms with Gasteiger partial charge in [-0.2, -0.15) is 4.98 Å². The lowest BCUT2D eigenvalue weighted by molar-refractivity contribution is 0.0525. The highest BCUT2D eigenvalue weighted by atomic mass is 35.5. The van der Waals surface area contributed by atoms with E-state index in [1.165, 1.54) is 0 Å². The number of piperidine rings is 1. The number of nitrogens with zero attached hydrogens (tertiary/aromatic N) is 3. The van der Waals surface area contributed by atoms with Gasteiger partial charge in [0.2, 0.25) is 5.28 Å². The number of nitrogen functional groups attached to an aromatic ring is 1. The third-order valence-electron chi connectivity index (χ3n) is 3.17. The highest BCUT2D eigenvalue weighted by molar-refractivity contribution is 6.28. The fourth-order valence-corrected chi connectivity index (χ4v) is 2.48. The van der Waals surface area contributed by atoms with Crippen LogP contribution in [0.3, 0.4) is 0 Å². The number of hydrogen-bond acceptors (Lipinski definition) is 5. The van der Waals surface area contributed by atoms with Crippen LogP contribution in [-0.2, 0) is 4.74 Å². The van der Waals surface area contributed by atoms with E-state index in [2.05, 4.69) is 14.9 Å². The molecule has 2 rings (SSSR count). The molecule has 1 aliphatic rings. The van der Waals surface area contributed by atoms with Gasteiger partial charge in [0.15, 0.2) is 5.82 Å². The number of nitrogens with two attached hydrogens (primary N) is 1. The number of ether oxygens (including phenoxy) is 1. The van der Waals surface area contributed by atoms with Gasteiger partial charge in [-0.05, 0) is 38.3 Å². The van der Waals surface area contributed by atoms with Crippen molar-refractivity contribution in [2.45, 2.75) is 32.8 Å². The molecule has 2 N–H and O–H groups in total. The average Bonchev–Trinajstić information content (AvgIpc) is 2.34. The first kappa shape index (κ1) is 13.4. The zero-order chi connectivity index (χ0) is 13.1. The van der Waals surface area contributed by atoms with Crippen LogP contribution in [0.5, 0.6) is 0 Å². The highest BCUT2D eigenvalue weighted by Crippen LogP contribution is 2.27. The summed E-state index contributed by atoms with van der Waals surface area (Å²) in [5, 5.41) is 0.246. The molecule has 0 bridgehead atoms. The van der Waals surface area contributed by atoms with Gasteiger partial charge in [0.25, 0.3) is 0 Å². The second-order valence-corrected chi connectivity index (χ2v) is 4.82. The zero-order valence-electron chi connectivity index (χ0n) is 10.8. The molecular formula is C12H19ClN4O. The molecule has 2 heterocycles. The molecule has 18 heavy (non-hydrogen) atoms. The molecular weight excluding hydrogens is 252 g/mol. The summed E-state index contributed by atoms with van der Waals surface area (Å²) in [7, 11) is 0. The Morgan fingerprint density at radius 2 is 2.28 bits per heavy atom. The number of aromatic nitrogens is 2. The van der Waals surface area contributed by atoms with Crippen LogP contribution in [0.1, 0.15) is 25.5 Å². The van der Waals surface area contributed by atoms with Crippen molar-refractivity contribution in [3.8, 4) is 0 Å². The van der Waals surface area contributed by atoms with E-state index < -0.39 is 0 Å². The summed E-state index contributed by atoms with van der Waals surface area (Å²) >= 11 is 5.90. The van der Waals surface area contributed by atoms with Gasteiger partial charge >= 0.3 is 0 Å². The molecule has 1 saturated heterocycles. The molecule has 1 aliphatic heterocycles. The smallest absolute Gasteiger partial charge is 0.224 e. The molecule has 0 spiro atoms. The van der Waals surface area contributed by atoms with Crippen molar-refractivity contribution >= 4 is 23.1 Å². The molecule has 6 heteroatoms. The maximum Gasteiger partial charge on any atom is 0.224 e. The van der Waals surface area contributed by atoms with Crippen LogP contribution in [0.15, 0.2) is 0 Å². The van der Waals surface area contributed by atoms with Crippen molar-refractivity contribution in [1.82, 2.24) is 9.97 Å². The Balaban J connectivity index is 2.20. The van der Waals surface area contributed by atoms with Crippen LogP contribution in [0, 0.1) is 6.92 Å². The van der Waals surface area contributed by atoms with Gasteiger partial charge in [0, 0.05) is 19.7 Å². The first-order chi connectivity index (χ1) is 8.61. The monoisotopic (exact) mass is 270 g/mol. The van der Waals surface area contributed by atoms with Gasteiger partial charge in [0.1, 0.15) is 0 Å². The molecule has 100 valence electrons. The second-order valence-electron chi connectivity index (χ2n) is 4.48. The number of anilines is 2. The summed E-state index contributed by atoms with van der Waals surface area (Å²) in [4.78, 5) is 10.4. The third kappa shape index (κ3) is 2.84. The lowest BCUT2D eigenvalue weighted by Gasteiger charge is -2.34. The summed E-state index contributed by atoms with van der Waals surface area (Å²) in [5.74, 6) is 0.733. The molecule has 1 aromatic rings. The van der Waals surface area contributed by atoms with E-state index in [0.29, 0.717) is 5.69 Å². The Kier molecular flexibility index (Phi) is 4.24. The zero-order valence-corrected chi connectivity index (χ0v) is 11.6. The van der Waals surface area contributed by atoms with Crippen LogP contribution in [0.4, 0.5) is 11.5 Å². The lowest BCUT2D eigenvalue weighted by atomic mass is 10.1. The SMILES string of the molecule is CCOC1CCCN(c2nc(Cl)nc(C)c2N)C1. The fraction of sp³-hybridized carbons (Fsp3) is 0.667. The Labute approximate surface area is 112 Å². The van der Waals surface area contributed by atoms with E-state index in [4.69, 9.17) is 22.1 Å². The first-order valence-electron chi connectivity index (χ1n) is 6.28. The van der Waals surface area contributed by atoms with E-state index in [1.807, 2.05) is 13.8 Å². The van der Waals surface area contributed by atoms with Gasteiger partial charge in [-0.15, -0.1) is 0 Å². The topological polar surface area (TPSA) is 64.3 Å². The molecule has 0 aliphatic carbocycles. The molecule has 0 amide bonds. The molecule has 0 radical (unpaired) electrons. The van der Waals surface area contributed by atoms with E-state index in [0.717, 1.165) is 44.0 Å². The molecule has 0 aromatic carbocycles. The van der Waals surface area contributed by atoms with Crippen LogP contribution < -0.4 is 10.6 Å². The van der Waals surface area contributed by atoms with Gasteiger partial charge in [0.05, 0.1) is 17.5 Å². The van der Waals surface area contributed by atoms with Crippen LogP contribution in [-0.4, -0.2) is 35.8 Å². The quantitative estimate of drug-likeness (QED) is 0.852. The van der Waals surface area contributed by atoms with Crippen molar-refractivity contribution in [1.29, 1.82) is 0 Å². The van der Waals surface area contributed by atoms with E-state index in [-0.39, 0.29) is 11.4 Å². The van der Waals surface area contributed by atoms with Gasteiger partial charge in [-0.1, -0.05) is 0 Å². The third-order valence-corrected chi connectivity index (χ3v) is 3.34. The Morgan fingerprint density at radius 3 is 3.00 bits per heavy atom. The summed E-state index contributed by atoms with van der Waals surface area (Å²) in [6.07, 6.45) is 2.41. The minimum Gasteiger partial charge on any atom is -0.394 e. The van der Waals surface area contributed by atoms with Crippen molar-refractivity contribution in [3.05, 3.63) is 11.0 Å². The fourth-order valence-electron chi connectivity index (χ4n) is 2.28. The molecule has 1 unspecified atom stereocenters. The van der Waals surface area contributed by atoms with Crippen LogP contribution in [0.2, 0.25) is 5.28 Å². The maximum atomic E-state index is 6.04.